The first-order valence-electron chi connectivity index (χ1n) is 7.58. The van der Waals surface area contributed by atoms with E-state index >= 15 is 0 Å². The third-order valence-corrected chi connectivity index (χ3v) is 4.46. The lowest BCUT2D eigenvalue weighted by Gasteiger charge is -2.16. The Labute approximate surface area is 139 Å². The summed E-state index contributed by atoms with van der Waals surface area (Å²) < 4.78 is 27.9. The van der Waals surface area contributed by atoms with Crippen LogP contribution in [-0.4, -0.2) is 17.3 Å². The van der Waals surface area contributed by atoms with Gasteiger partial charge in [0.15, 0.2) is 5.78 Å². The fraction of sp³-hybridized carbons (Fsp3) is 0.235. The monoisotopic (exact) mass is 348 g/mol. The second-order valence-electron chi connectivity index (χ2n) is 5.26. The lowest BCUT2D eigenvalue weighted by molar-refractivity contribution is 0.0994. The fourth-order valence-corrected chi connectivity index (χ4v) is 3.44. The maximum atomic E-state index is 12.3. The third-order valence-electron chi connectivity index (χ3n) is 3.59. The quantitative estimate of drug-likeness (QED) is 0.800. The van der Waals surface area contributed by atoms with Gasteiger partial charge in [-0.3, -0.25) is 9.69 Å². The molecular formula is C17H17O6P. The van der Waals surface area contributed by atoms with Crippen molar-refractivity contribution in [1.82, 2.24) is 0 Å². The van der Waals surface area contributed by atoms with Crippen LogP contribution in [0.4, 0.5) is 0 Å². The van der Waals surface area contributed by atoms with E-state index < -0.39 is 7.82 Å². The third kappa shape index (κ3) is 3.61. The van der Waals surface area contributed by atoms with Crippen molar-refractivity contribution >= 4 is 13.6 Å². The molecule has 7 heteroatoms. The van der Waals surface area contributed by atoms with Crippen LogP contribution < -0.4 is 13.8 Å². The largest absolute Gasteiger partial charge is 0.584 e. The Hall–Kier alpha value is -2.30. The van der Waals surface area contributed by atoms with E-state index in [0.29, 0.717) is 36.3 Å². The topological polar surface area (TPSA) is 82.1 Å². The molecule has 0 bridgehead atoms. The maximum absolute atomic E-state index is 12.3. The SMILES string of the molecule is CCOc1cccc(OP(=O)(O)Oc2cccc3c2CCC3=O)c1. The zero-order chi connectivity index (χ0) is 17.2. The predicted molar refractivity (Wildman–Crippen MR) is 87.8 cm³/mol. The zero-order valence-corrected chi connectivity index (χ0v) is 14.0. The van der Waals surface area contributed by atoms with Crippen LogP contribution in [0.1, 0.15) is 29.3 Å². The Morgan fingerprint density at radius 3 is 2.62 bits per heavy atom. The highest BCUT2D eigenvalue weighted by Crippen LogP contribution is 2.47. The average Bonchev–Trinajstić information content (AvgIpc) is 2.90. The van der Waals surface area contributed by atoms with Gasteiger partial charge >= 0.3 is 7.82 Å². The van der Waals surface area contributed by atoms with Gasteiger partial charge in [-0.15, -0.1) is 0 Å². The number of hydrogen-bond donors (Lipinski definition) is 1. The summed E-state index contributed by atoms with van der Waals surface area (Å²) in [4.78, 5) is 21.8. The molecule has 24 heavy (non-hydrogen) atoms. The lowest BCUT2D eigenvalue weighted by atomic mass is 10.1. The van der Waals surface area contributed by atoms with Gasteiger partial charge in [0, 0.05) is 23.6 Å². The molecule has 126 valence electrons. The van der Waals surface area contributed by atoms with Crippen molar-refractivity contribution in [3.63, 3.8) is 0 Å². The molecule has 2 aromatic carbocycles. The van der Waals surface area contributed by atoms with Crippen LogP contribution in [0.2, 0.25) is 0 Å². The number of benzene rings is 2. The van der Waals surface area contributed by atoms with E-state index in [0.717, 1.165) is 0 Å². The second-order valence-corrected chi connectivity index (χ2v) is 6.57. The van der Waals surface area contributed by atoms with Crippen LogP contribution in [0.3, 0.4) is 0 Å². The Morgan fingerprint density at radius 2 is 1.83 bits per heavy atom. The normalized spacial score (nSPS) is 15.5. The maximum Gasteiger partial charge on any atom is 0.584 e. The van der Waals surface area contributed by atoms with Gasteiger partial charge < -0.3 is 13.8 Å². The van der Waals surface area contributed by atoms with Gasteiger partial charge in [0.05, 0.1) is 6.61 Å². The molecule has 1 atom stereocenters. The van der Waals surface area contributed by atoms with Crippen molar-refractivity contribution in [2.45, 2.75) is 19.8 Å². The Balaban J connectivity index is 1.79. The van der Waals surface area contributed by atoms with E-state index in [-0.39, 0.29) is 17.3 Å². The van der Waals surface area contributed by atoms with Gasteiger partial charge in [0.2, 0.25) is 0 Å². The van der Waals surface area contributed by atoms with Crippen LogP contribution in [-0.2, 0) is 11.0 Å². The summed E-state index contributed by atoms with van der Waals surface area (Å²) in [6, 6.07) is 11.3. The van der Waals surface area contributed by atoms with Gasteiger partial charge in [-0.2, -0.15) is 0 Å². The van der Waals surface area contributed by atoms with Gasteiger partial charge in [-0.05, 0) is 31.5 Å². The van der Waals surface area contributed by atoms with Crippen molar-refractivity contribution in [3.05, 3.63) is 53.6 Å². The number of fused-ring (bicyclic) bond motifs is 1. The molecule has 0 fully saturated rings. The Bertz CT molecular complexity index is 816. The van der Waals surface area contributed by atoms with E-state index in [4.69, 9.17) is 13.8 Å². The van der Waals surface area contributed by atoms with Crippen LogP contribution in [0.15, 0.2) is 42.5 Å². The first-order chi connectivity index (χ1) is 11.5. The molecule has 0 heterocycles. The van der Waals surface area contributed by atoms with Gasteiger partial charge in [-0.1, -0.05) is 18.2 Å². The molecule has 1 unspecified atom stereocenters. The minimum absolute atomic E-state index is 0.00792. The van der Waals surface area contributed by atoms with Crippen molar-refractivity contribution in [1.29, 1.82) is 0 Å². The highest BCUT2D eigenvalue weighted by molar-refractivity contribution is 7.48. The summed E-state index contributed by atoms with van der Waals surface area (Å²) in [5, 5.41) is 0. The summed E-state index contributed by atoms with van der Waals surface area (Å²) in [6.45, 7) is 2.31. The molecule has 0 aliphatic heterocycles. The van der Waals surface area contributed by atoms with E-state index in [1.165, 1.54) is 12.1 Å². The number of carbonyl (C=O) groups excluding carboxylic acids is 1. The molecule has 3 rings (SSSR count). The molecular weight excluding hydrogens is 331 g/mol. The smallest absolute Gasteiger partial charge is 0.494 e. The van der Waals surface area contributed by atoms with Gasteiger partial charge in [0.1, 0.15) is 17.2 Å². The molecule has 0 radical (unpaired) electrons. The van der Waals surface area contributed by atoms with E-state index in [2.05, 4.69) is 0 Å². The summed E-state index contributed by atoms with van der Waals surface area (Å²) in [5.74, 6) is 0.898. The summed E-state index contributed by atoms with van der Waals surface area (Å²) >= 11 is 0. The number of Topliss-reactive ketones (excluding diaryl/α,β-unsaturated/α-hetero) is 1. The molecule has 0 saturated heterocycles. The van der Waals surface area contributed by atoms with Crippen molar-refractivity contribution < 1.29 is 28.0 Å². The molecule has 1 aliphatic carbocycles. The fourth-order valence-electron chi connectivity index (χ4n) is 2.61. The van der Waals surface area contributed by atoms with Crippen LogP contribution >= 0.6 is 7.82 Å². The molecule has 0 amide bonds. The number of ether oxygens (including phenoxy) is 1. The highest BCUT2D eigenvalue weighted by atomic mass is 31.2. The number of hydrogen-bond acceptors (Lipinski definition) is 5. The van der Waals surface area contributed by atoms with E-state index in [1.54, 1.807) is 30.3 Å². The Morgan fingerprint density at radius 1 is 1.08 bits per heavy atom. The number of rotatable bonds is 6. The van der Waals surface area contributed by atoms with Crippen molar-refractivity contribution in [2.75, 3.05) is 6.61 Å². The molecule has 1 aliphatic rings. The molecule has 6 nitrogen and oxygen atoms in total. The van der Waals surface area contributed by atoms with Crippen LogP contribution in [0, 0.1) is 0 Å². The summed E-state index contributed by atoms with van der Waals surface area (Å²) in [6.07, 6.45) is 0.868. The summed E-state index contributed by atoms with van der Waals surface area (Å²) in [5.41, 5.74) is 1.18. The number of ketones is 1. The molecule has 0 spiro atoms. The molecule has 0 aromatic heterocycles. The minimum Gasteiger partial charge on any atom is -0.494 e. The number of carbonyl (C=O) groups is 1. The number of phosphoric acid groups is 1. The summed E-state index contributed by atoms with van der Waals surface area (Å²) in [7, 11) is -4.39. The van der Waals surface area contributed by atoms with Gasteiger partial charge in [0.25, 0.3) is 0 Å². The van der Waals surface area contributed by atoms with Crippen molar-refractivity contribution in [3.8, 4) is 17.2 Å². The molecule has 1 N–H and O–H groups in total. The Kier molecular flexibility index (Phi) is 4.60. The first-order valence-corrected chi connectivity index (χ1v) is 9.08. The number of phosphoric ester groups is 1. The van der Waals surface area contributed by atoms with Crippen LogP contribution in [0.25, 0.3) is 0 Å². The first kappa shape index (κ1) is 16.6. The zero-order valence-electron chi connectivity index (χ0n) is 13.1. The average molecular weight is 348 g/mol. The van der Waals surface area contributed by atoms with Gasteiger partial charge in [-0.25, -0.2) is 4.57 Å². The molecule has 2 aromatic rings. The molecule has 0 saturated carbocycles. The van der Waals surface area contributed by atoms with Crippen LogP contribution in [0.5, 0.6) is 17.2 Å². The second kappa shape index (κ2) is 6.67. The van der Waals surface area contributed by atoms with E-state index in [9.17, 15) is 14.3 Å². The minimum atomic E-state index is -4.39. The lowest BCUT2D eigenvalue weighted by Crippen LogP contribution is -2.02. The predicted octanol–water partition coefficient (Wildman–Crippen LogP) is 3.77. The van der Waals surface area contributed by atoms with E-state index in [1.807, 2.05) is 6.92 Å². The highest BCUT2D eigenvalue weighted by Gasteiger charge is 2.30. The van der Waals surface area contributed by atoms with Crippen molar-refractivity contribution in [2.24, 2.45) is 0 Å². The standard InChI is InChI=1S/C17H17O6P/c1-2-21-12-5-3-6-13(11-12)22-24(19,20)23-17-8-4-7-14-15(17)9-10-16(14)18/h3-8,11H,2,9-10H2,1H3,(H,19,20).